The van der Waals surface area contributed by atoms with Gasteiger partial charge in [0.25, 0.3) is 5.91 Å². The predicted octanol–water partition coefficient (Wildman–Crippen LogP) is 3.30. The molecule has 0 spiro atoms. The van der Waals surface area contributed by atoms with Gasteiger partial charge in [0.1, 0.15) is 5.69 Å². The summed E-state index contributed by atoms with van der Waals surface area (Å²) in [5.74, 6) is -0.0311. The number of aromatic amines is 1. The zero-order chi connectivity index (χ0) is 18.9. The first-order chi connectivity index (χ1) is 13.8. The van der Waals surface area contributed by atoms with Crippen LogP contribution in [0.15, 0.2) is 60.9 Å². The van der Waals surface area contributed by atoms with Crippen molar-refractivity contribution in [3.05, 3.63) is 66.6 Å². The van der Waals surface area contributed by atoms with Crippen molar-refractivity contribution in [2.45, 2.75) is 18.9 Å². The molecule has 3 heterocycles. The van der Waals surface area contributed by atoms with Crippen molar-refractivity contribution in [3.8, 4) is 11.3 Å². The number of hydrogen-bond donors (Lipinski definition) is 1. The third-order valence-corrected chi connectivity index (χ3v) is 5.30. The smallest absolute Gasteiger partial charge is 0.271 e. The van der Waals surface area contributed by atoms with E-state index in [1.54, 1.807) is 17.2 Å². The average molecular weight is 372 g/mol. The molecule has 0 bridgehead atoms. The molecule has 2 aromatic carbocycles. The molecule has 7 nitrogen and oxygen atoms in total. The highest BCUT2D eigenvalue weighted by molar-refractivity contribution is 5.94. The van der Waals surface area contributed by atoms with E-state index in [-0.39, 0.29) is 11.9 Å². The number of amides is 1. The Labute approximate surface area is 162 Å². The molecular weight excluding hydrogens is 352 g/mol. The summed E-state index contributed by atoms with van der Waals surface area (Å²) in [5.41, 5.74) is 2.28. The Bertz CT molecular complexity index is 1120. The van der Waals surface area contributed by atoms with Crippen LogP contribution in [0.4, 0.5) is 0 Å². The molecule has 0 saturated carbocycles. The molecule has 4 aromatic rings. The normalized spacial score (nSPS) is 17.1. The van der Waals surface area contributed by atoms with Crippen LogP contribution in [-0.2, 0) is 0 Å². The number of fused-ring (bicyclic) bond motifs is 1. The summed E-state index contributed by atoms with van der Waals surface area (Å²) in [6, 6.07) is 16.4. The summed E-state index contributed by atoms with van der Waals surface area (Å²) in [4.78, 5) is 16.5. The van der Waals surface area contributed by atoms with Gasteiger partial charge in [-0.3, -0.25) is 9.89 Å². The number of aromatic nitrogens is 5. The fraction of sp³-hybridized carbons (Fsp3) is 0.238. The number of carbonyl (C=O) groups is 1. The summed E-state index contributed by atoms with van der Waals surface area (Å²) < 4.78 is 0. The Morgan fingerprint density at radius 2 is 1.86 bits per heavy atom. The van der Waals surface area contributed by atoms with Crippen LogP contribution in [0.2, 0.25) is 0 Å². The van der Waals surface area contributed by atoms with E-state index in [0.29, 0.717) is 12.2 Å². The Morgan fingerprint density at radius 1 is 1.04 bits per heavy atom. The minimum atomic E-state index is -0.0311. The van der Waals surface area contributed by atoms with Gasteiger partial charge in [-0.05, 0) is 35.7 Å². The molecule has 1 unspecified atom stereocenters. The molecule has 1 aliphatic rings. The summed E-state index contributed by atoms with van der Waals surface area (Å²) in [6.07, 6.45) is 5.25. The lowest BCUT2D eigenvalue weighted by Crippen LogP contribution is -2.41. The molecule has 7 heteroatoms. The molecule has 28 heavy (non-hydrogen) atoms. The van der Waals surface area contributed by atoms with E-state index in [9.17, 15) is 4.79 Å². The Morgan fingerprint density at radius 3 is 2.71 bits per heavy atom. The summed E-state index contributed by atoms with van der Waals surface area (Å²) in [7, 11) is 0. The zero-order valence-corrected chi connectivity index (χ0v) is 15.3. The predicted molar refractivity (Wildman–Crippen MR) is 106 cm³/mol. The summed E-state index contributed by atoms with van der Waals surface area (Å²) in [5, 5.41) is 18.1. The zero-order valence-electron chi connectivity index (χ0n) is 15.3. The van der Waals surface area contributed by atoms with Crippen LogP contribution >= 0.6 is 0 Å². The van der Waals surface area contributed by atoms with Gasteiger partial charge in [-0.15, -0.1) is 0 Å². The van der Waals surface area contributed by atoms with Crippen molar-refractivity contribution in [3.63, 3.8) is 0 Å². The molecule has 0 aliphatic carbocycles. The van der Waals surface area contributed by atoms with Crippen LogP contribution in [0.1, 0.15) is 29.4 Å². The number of piperidine rings is 1. The molecule has 2 aromatic heterocycles. The Balaban J connectivity index is 1.36. The standard InChI is InChI=1S/C21H20N6O/c28-21(26-11-3-6-18(14-26)27-22-9-10-23-27)20-13-19(24-25-20)17-8-7-15-4-1-2-5-16(15)12-17/h1-2,4-5,7-10,12-13,18H,3,6,11,14H2,(H,24,25). The number of nitrogens with one attached hydrogen (secondary N) is 1. The number of hydrogen-bond acceptors (Lipinski definition) is 4. The second-order valence-electron chi connectivity index (χ2n) is 7.13. The van der Waals surface area contributed by atoms with Crippen LogP contribution < -0.4 is 0 Å². The summed E-state index contributed by atoms with van der Waals surface area (Å²) >= 11 is 0. The van der Waals surface area contributed by atoms with Gasteiger partial charge in [0, 0.05) is 18.7 Å². The van der Waals surface area contributed by atoms with Gasteiger partial charge < -0.3 is 4.90 Å². The van der Waals surface area contributed by atoms with E-state index in [0.717, 1.165) is 36.0 Å². The maximum atomic E-state index is 13.0. The van der Waals surface area contributed by atoms with Gasteiger partial charge in [0.2, 0.25) is 0 Å². The fourth-order valence-electron chi connectivity index (χ4n) is 3.84. The fourth-order valence-corrected chi connectivity index (χ4v) is 3.84. The van der Waals surface area contributed by atoms with Gasteiger partial charge in [-0.2, -0.15) is 20.1 Å². The highest BCUT2D eigenvalue weighted by Gasteiger charge is 2.27. The quantitative estimate of drug-likeness (QED) is 0.598. The van der Waals surface area contributed by atoms with E-state index < -0.39 is 0 Å². The van der Waals surface area contributed by atoms with Gasteiger partial charge in [-0.25, -0.2) is 0 Å². The maximum Gasteiger partial charge on any atom is 0.271 e. The molecule has 1 amide bonds. The van der Waals surface area contributed by atoms with E-state index in [1.807, 2.05) is 29.2 Å². The minimum absolute atomic E-state index is 0.0311. The largest absolute Gasteiger partial charge is 0.335 e. The van der Waals surface area contributed by atoms with Crippen LogP contribution in [0, 0.1) is 0 Å². The first kappa shape index (κ1) is 16.7. The van der Waals surface area contributed by atoms with Crippen molar-refractivity contribution in [1.82, 2.24) is 30.1 Å². The average Bonchev–Trinajstić information content (AvgIpc) is 3.45. The second-order valence-corrected chi connectivity index (χ2v) is 7.13. The molecule has 0 radical (unpaired) electrons. The molecular formula is C21H20N6O. The highest BCUT2D eigenvalue weighted by Crippen LogP contribution is 2.25. The van der Waals surface area contributed by atoms with Gasteiger partial charge >= 0.3 is 0 Å². The lowest BCUT2D eigenvalue weighted by Gasteiger charge is -2.31. The van der Waals surface area contributed by atoms with E-state index in [2.05, 4.69) is 44.7 Å². The maximum absolute atomic E-state index is 13.0. The number of rotatable bonds is 3. The molecule has 5 rings (SSSR count). The highest BCUT2D eigenvalue weighted by atomic mass is 16.2. The summed E-state index contributed by atoms with van der Waals surface area (Å²) in [6.45, 7) is 1.35. The number of likely N-dealkylation sites (tertiary alicyclic amines) is 1. The van der Waals surface area contributed by atoms with Gasteiger partial charge in [-0.1, -0.05) is 36.4 Å². The first-order valence-corrected chi connectivity index (χ1v) is 9.47. The van der Waals surface area contributed by atoms with Crippen molar-refractivity contribution in [1.29, 1.82) is 0 Å². The number of H-pyrrole nitrogens is 1. The van der Waals surface area contributed by atoms with Crippen LogP contribution in [0.5, 0.6) is 0 Å². The van der Waals surface area contributed by atoms with Crippen molar-refractivity contribution in [2.75, 3.05) is 13.1 Å². The first-order valence-electron chi connectivity index (χ1n) is 9.47. The Hall–Kier alpha value is -3.48. The number of carbonyl (C=O) groups excluding carboxylic acids is 1. The molecule has 1 aliphatic heterocycles. The third-order valence-electron chi connectivity index (χ3n) is 5.30. The van der Waals surface area contributed by atoms with Crippen molar-refractivity contribution >= 4 is 16.7 Å². The molecule has 140 valence electrons. The molecule has 1 saturated heterocycles. The minimum Gasteiger partial charge on any atom is -0.335 e. The van der Waals surface area contributed by atoms with Gasteiger partial charge in [0.15, 0.2) is 0 Å². The van der Waals surface area contributed by atoms with E-state index in [1.165, 1.54) is 5.39 Å². The van der Waals surface area contributed by atoms with Crippen molar-refractivity contribution in [2.24, 2.45) is 0 Å². The van der Waals surface area contributed by atoms with E-state index in [4.69, 9.17) is 0 Å². The second kappa shape index (κ2) is 6.92. The van der Waals surface area contributed by atoms with Crippen LogP contribution in [0.3, 0.4) is 0 Å². The van der Waals surface area contributed by atoms with Crippen LogP contribution in [-0.4, -0.2) is 49.1 Å². The molecule has 1 N–H and O–H groups in total. The molecule has 1 fully saturated rings. The number of nitrogens with zero attached hydrogens (tertiary/aromatic N) is 5. The molecule has 1 atom stereocenters. The van der Waals surface area contributed by atoms with Gasteiger partial charge in [0.05, 0.1) is 24.1 Å². The lowest BCUT2D eigenvalue weighted by atomic mass is 10.0. The lowest BCUT2D eigenvalue weighted by molar-refractivity contribution is 0.0658. The third kappa shape index (κ3) is 3.05. The SMILES string of the molecule is O=C(c1cc(-c2ccc3ccccc3c2)n[nH]1)N1CCCC(n2nccn2)C1. The number of benzene rings is 2. The topological polar surface area (TPSA) is 79.7 Å². The van der Waals surface area contributed by atoms with Crippen molar-refractivity contribution < 1.29 is 4.79 Å². The van der Waals surface area contributed by atoms with Crippen LogP contribution in [0.25, 0.3) is 22.0 Å². The monoisotopic (exact) mass is 372 g/mol. The Kier molecular flexibility index (Phi) is 4.12. The van der Waals surface area contributed by atoms with E-state index >= 15 is 0 Å².